The van der Waals surface area contributed by atoms with Crippen molar-refractivity contribution in [3.8, 4) is 17.2 Å². The highest BCUT2D eigenvalue weighted by atomic mass is 35.5. The van der Waals surface area contributed by atoms with E-state index >= 15 is 0 Å². The molecule has 0 N–H and O–H groups in total. The second-order valence-corrected chi connectivity index (χ2v) is 8.54. The van der Waals surface area contributed by atoms with Crippen LogP contribution in [0.4, 0.5) is 0 Å². The SMILES string of the molecule is Cc1ccc(S(=O)(=O)Oc2cc(Cl)ccc2-c2nc3cc(Cl)ccc3o2)cc1. The highest BCUT2D eigenvalue weighted by Gasteiger charge is 2.21. The monoisotopic (exact) mass is 433 g/mol. The van der Waals surface area contributed by atoms with Gasteiger partial charge in [-0.2, -0.15) is 8.42 Å². The first kappa shape index (κ1) is 18.8. The first-order chi connectivity index (χ1) is 13.3. The lowest BCUT2D eigenvalue weighted by Gasteiger charge is -2.10. The minimum atomic E-state index is -4.06. The van der Waals surface area contributed by atoms with Crippen molar-refractivity contribution in [1.82, 2.24) is 4.98 Å². The number of rotatable bonds is 4. The van der Waals surface area contributed by atoms with Gasteiger partial charge in [0.05, 0.1) is 5.56 Å². The molecule has 0 radical (unpaired) electrons. The zero-order valence-electron chi connectivity index (χ0n) is 14.5. The predicted octanol–water partition coefficient (Wildman–Crippen LogP) is 5.88. The van der Waals surface area contributed by atoms with Gasteiger partial charge in [0.15, 0.2) is 11.3 Å². The van der Waals surface area contributed by atoms with Gasteiger partial charge in [0, 0.05) is 16.1 Å². The lowest BCUT2D eigenvalue weighted by Crippen LogP contribution is -2.10. The molecule has 0 spiro atoms. The third kappa shape index (κ3) is 3.71. The Morgan fingerprint density at radius 2 is 1.61 bits per heavy atom. The van der Waals surface area contributed by atoms with Crippen LogP contribution in [0.25, 0.3) is 22.6 Å². The Morgan fingerprint density at radius 3 is 2.36 bits per heavy atom. The summed E-state index contributed by atoms with van der Waals surface area (Å²) in [6.07, 6.45) is 0. The number of oxazole rings is 1. The fraction of sp³-hybridized carbons (Fsp3) is 0.0500. The van der Waals surface area contributed by atoms with Crippen LogP contribution < -0.4 is 4.18 Å². The molecule has 0 amide bonds. The molecule has 0 atom stereocenters. The molecule has 142 valence electrons. The van der Waals surface area contributed by atoms with E-state index in [1.807, 2.05) is 6.92 Å². The topological polar surface area (TPSA) is 69.4 Å². The molecular weight excluding hydrogens is 421 g/mol. The highest BCUT2D eigenvalue weighted by Crippen LogP contribution is 2.36. The molecule has 0 aliphatic rings. The summed E-state index contributed by atoms with van der Waals surface area (Å²) in [6, 6.07) is 16.0. The molecule has 28 heavy (non-hydrogen) atoms. The van der Waals surface area contributed by atoms with Gasteiger partial charge in [0.2, 0.25) is 5.89 Å². The van der Waals surface area contributed by atoms with Crippen LogP contribution in [0.1, 0.15) is 5.56 Å². The molecule has 1 heterocycles. The van der Waals surface area contributed by atoms with Crippen molar-refractivity contribution in [2.75, 3.05) is 0 Å². The summed E-state index contributed by atoms with van der Waals surface area (Å²) in [6.45, 7) is 1.87. The van der Waals surface area contributed by atoms with E-state index < -0.39 is 10.1 Å². The maximum atomic E-state index is 12.7. The average molecular weight is 434 g/mol. The van der Waals surface area contributed by atoms with Gasteiger partial charge in [-0.05, 0) is 49.4 Å². The Morgan fingerprint density at radius 1 is 0.929 bits per heavy atom. The summed E-state index contributed by atoms with van der Waals surface area (Å²) in [5, 5.41) is 0.832. The first-order valence-corrected chi connectivity index (χ1v) is 10.4. The fourth-order valence-corrected chi connectivity index (χ4v) is 3.90. The van der Waals surface area contributed by atoms with Crippen molar-refractivity contribution in [2.24, 2.45) is 0 Å². The van der Waals surface area contributed by atoms with E-state index in [0.717, 1.165) is 5.56 Å². The van der Waals surface area contributed by atoms with Gasteiger partial charge >= 0.3 is 10.1 Å². The van der Waals surface area contributed by atoms with E-state index in [9.17, 15) is 8.42 Å². The van der Waals surface area contributed by atoms with Crippen molar-refractivity contribution in [3.05, 3.63) is 76.3 Å². The van der Waals surface area contributed by atoms with Crippen LogP contribution >= 0.6 is 23.2 Å². The normalized spacial score (nSPS) is 11.7. The molecule has 0 unspecified atom stereocenters. The van der Waals surface area contributed by atoms with Crippen LogP contribution in [0.5, 0.6) is 5.75 Å². The second-order valence-electron chi connectivity index (χ2n) is 6.12. The van der Waals surface area contributed by atoms with Crippen LogP contribution in [0.15, 0.2) is 70.0 Å². The number of hydrogen-bond acceptors (Lipinski definition) is 5. The van der Waals surface area contributed by atoms with Gasteiger partial charge in [-0.15, -0.1) is 0 Å². The summed E-state index contributed by atoms with van der Waals surface area (Å²) in [5.74, 6) is 0.216. The van der Waals surface area contributed by atoms with Crippen LogP contribution in [-0.4, -0.2) is 13.4 Å². The molecule has 0 saturated heterocycles. The predicted molar refractivity (Wildman–Crippen MR) is 108 cm³/mol. The summed E-state index contributed by atoms with van der Waals surface area (Å²) in [7, 11) is -4.06. The molecule has 1 aromatic heterocycles. The van der Waals surface area contributed by atoms with Crippen LogP contribution in [-0.2, 0) is 10.1 Å². The van der Waals surface area contributed by atoms with Crippen molar-refractivity contribution in [2.45, 2.75) is 11.8 Å². The second kappa shape index (κ2) is 7.13. The van der Waals surface area contributed by atoms with Gasteiger partial charge in [0.1, 0.15) is 10.4 Å². The Balaban J connectivity index is 1.79. The summed E-state index contributed by atoms with van der Waals surface area (Å²) in [4.78, 5) is 4.41. The maximum absolute atomic E-state index is 12.7. The molecule has 0 aliphatic carbocycles. The Kier molecular flexibility index (Phi) is 4.79. The summed E-state index contributed by atoms with van der Waals surface area (Å²) in [5.41, 5.74) is 2.35. The highest BCUT2D eigenvalue weighted by molar-refractivity contribution is 7.87. The first-order valence-electron chi connectivity index (χ1n) is 8.19. The average Bonchev–Trinajstić information content (AvgIpc) is 3.04. The maximum Gasteiger partial charge on any atom is 0.339 e. The van der Waals surface area contributed by atoms with Crippen molar-refractivity contribution in [1.29, 1.82) is 0 Å². The van der Waals surface area contributed by atoms with E-state index in [-0.39, 0.29) is 16.5 Å². The molecule has 5 nitrogen and oxygen atoms in total. The van der Waals surface area contributed by atoms with Crippen molar-refractivity contribution < 1.29 is 17.0 Å². The number of halogens is 2. The van der Waals surface area contributed by atoms with Gasteiger partial charge in [-0.3, -0.25) is 0 Å². The van der Waals surface area contributed by atoms with E-state index in [4.69, 9.17) is 31.8 Å². The van der Waals surface area contributed by atoms with Gasteiger partial charge < -0.3 is 8.60 Å². The molecule has 8 heteroatoms. The largest absolute Gasteiger partial charge is 0.436 e. The lowest BCUT2D eigenvalue weighted by molar-refractivity contribution is 0.485. The zero-order valence-corrected chi connectivity index (χ0v) is 16.8. The van der Waals surface area contributed by atoms with Crippen LogP contribution in [0.3, 0.4) is 0 Å². The zero-order chi connectivity index (χ0) is 19.9. The van der Waals surface area contributed by atoms with Crippen molar-refractivity contribution >= 4 is 44.4 Å². The van der Waals surface area contributed by atoms with E-state index in [1.165, 1.54) is 18.2 Å². The van der Waals surface area contributed by atoms with Gasteiger partial charge in [0.25, 0.3) is 0 Å². The Hall–Kier alpha value is -2.54. The molecular formula is C20H13Cl2NO4S. The standard InChI is InChI=1S/C20H13Cl2NO4S/c1-12-2-6-15(7-3-12)28(24,25)27-19-11-14(22)4-8-16(19)20-23-17-10-13(21)5-9-18(17)26-20/h2-11H,1H3. The third-order valence-corrected chi connectivity index (χ3v) is 5.75. The molecule has 0 saturated carbocycles. The number of nitrogens with zero attached hydrogens (tertiary/aromatic N) is 1. The minimum Gasteiger partial charge on any atom is -0.436 e. The van der Waals surface area contributed by atoms with E-state index in [0.29, 0.717) is 26.7 Å². The van der Waals surface area contributed by atoms with Gasteiger partial charge in [-0.25, -0.2) is 4.98 Å². The number of aryl methyl sites for hydroxylation is 1. The number of benzene rings is 3. The van der Waals surface area contributed by atoms with Crippen molar-refractivity contribution in [3.63, 3.8) is 0 Å². The quantitative estimate of drug-likeness (QED) is 0.376. The summed E-state index contributed by atoms with van der Waals surface area (Å²) >= 11 is 12.0. The molecule has 0 fully saturated rings. The molecule has 0 bridgehead atoms. The Bertz CT molecular complexity index is 1280. The number of fused-ring (bicyclic) bond motifs is 1. The van der Waals surface area contributed by atoms with Crippen LogP contribution in [0, 0.1) is 6.92 Å². The smallest absolute Gasteiger partial charge is 0.339 e. The lowest BCUT2D eigenvalue weighted by atomic mass is 10.2. The molecule has 4 rings (SSSR count). The summed E-state index contributed by atoms with van der Waals surface area (Å²) < 4.78 is 36.5. The van der Waals surface area contributed by atoms with E-state index in [2.05, 4.69) is 4.98 Å². The molecule has 3 aromatic carbocycles. The number of aromatic nitrogens is 1. The van der Waals surface area contributed by atoms with E-state index in [1.54, 1.807) is 42.5 Å². The minimum absolute atomic E-state index is 0.0192. The molecule has 0 aliphatic heterocycles. The van der Waals surface area contributed by atoms with Crippen LogP contribution in [0.2, 0.25) is 10.0 Å². The molecule has 4 aromatic rings. The third-order valence-electron chi connectivity index (χ3n) is 4.03. The Labute approximate surface area is 171 Å². The van der Waals surface area contributed by atoms with Gasteiger partial charge in [-0.1, -0.05) is 40.9 Å². The number of hydrogen-bond donors (Lipinski definition) is 0. The fourth-order valence-electron chi connectivity index (χ4n) is 2.63.